The van der Waals surface area contributed by atoms with E-state index >= 15 is 0 Å². The van der Waals surface area contributed by atoms with Crippen molar-refractivity contribution in [2.45, 2.75) is 31.5 Å². The fourth-order valence-electron chi connectivity index (χ4n) is 2.97. The highest BCUT2D eigenvalue weighted by molar-refractivity contribution is 6.16. The second-order valence-electron chi connectivity index (χ2n) is 5.22. The highest BCUT2D eigenvalue weighted by atomic mass is 19.4. The lowest BCUT2D eigenvalue weighted by atomic mass is 10.1. The molecule has 0 aromatic heterocycles. The summed E-state index contributed by atoms with van der Waals surface area (Å²) in [6.45, 7) is 0.488. The van der Waals surface area contributed by atoms with Crippen molar-refractivity contribution in [2.24, 2.45) is 0 Å². The van der Waals surface area contributed by atoms with E-state index in [-0.39, 0.29) is 18.2 Å². The van der Waals surface area contributed by atoms with Gasteiger partial charge in [-0.25, -0.2) is 9.69 Å². The van der Waals surface area contributed by atoms with Gasteiger partial charge in [-0.3, -0.25) is 4.79 Å². The molecule has 4 nitrogen and oxygen atoms in total. The van der Waals surface area contributed by atoms with E-state index in [9.17, 15) is 22.8 Å². The summed E-state index contributed by atoms with van der Waals surface area (Å²) in [6.07, 6.45) is -3.03. The largest absolute Gasteiger partial charge is 0.418 e. The molecule has 0 N–H and O–H groups in total. The van der Waals surface area contributed by atoms with Gasteiger partial charge in [0.25, 0.3) is 0 Å². The van der Waals surface area contributed by atoms with Crippen molar-refractivity contribution >= 4 is 17.6 Å². The summed E-state index contributed by atoms with van der Waals surface area (Å²) in [5.41, 5.74) is -1.35. The number of benzene rings is 1. The Morgan fingerprint density at radius 2 is 1.86 bits per heavy atom. The van der Waals surface area contributed by atoms with Crippen molar-refractivity contribution in [3.05, 3.63) is 29.8 Å². The number of imide groups is 1. The molecular weight excluding hydrogens is 285 g/mol. The SMILES string of the molecule is O=C1CC2CCCN2C(=O)N1c1ccccc1C(F)(F)F. The topological polar surface area (TPSA) is 40.6 Å². The number of para-hydroxylation sites is 1. The van der Waals surface area contributed by atoms with Crippen molar-refractivity contribution in [2.75, 3.05) is 11.4 Å². The van der Waals surface area contributed by atoms with Gasteiger partial charge in [0.1, 0.15) is 0 Å². The summed E-state index contributed by atoms with van der Waals surface area (Å²) in [5, 5.41) is 0. The fraction of sp³-hybridized carbons (Fsp3) is 0.429. The van der Waals surface area contributed by atoms with E-state index in [1.807, 2.05) is 0 Å². The maximum Gasteiger partial charge on any atom is 0.418 e. The molecule has 112 valence electrons. The minimum absolute atomic E-state index is 0.0813. The number of amides is 3. The molecule has 2 fully saturated rings. The van der Waals surface area contributed by atoms with Gasteiger partial charge in [-0.2, -0.15) is 13.2 Å². The maximum atomic E-state index is 13.1. The van der Waals surface area contributed by atoms with E-state index in [0.29, 0.717) is 11.4 Å². The molecule has 7 heteroatoms. The van der Waals surface area contributed by atoms with Crippen LogP contribution >= 0.6 is 0 Å². The highest BCUT2D eigenvalue weighted by Crippen LogP contribution is 2.39. The third-order valence-corrected chi connectivity index (χ3v) is 3.92. The molecular formula is C14H13F3N2O2. The van der Waals surface area contributed by atoms with Gasteiger partial charge in [-0.05, 0) is 25.0 Å². The molecule has 1 aromatic rings. The molecule has 1 atom stereocenters. The number of alkyl halides is 3. The zero-order valence-electron chi connectivity index (χ0n) is 11.1. The van der Waals surface area contributed by atoms with E-state index in [1.54, 1.807) is 0 Å². The lowest BCUT2D eigenvalue weighted by Crippen LogP contribution is -2.55. The molecule has 3 amide bonds. The third-order valence-electron chi connectivity index (χ3n) is 3.92. The molecule has 3 rings (SSSR count). The van der Waals surface area contributed by atoms with Gasteiger partial charge < -0.3 is 4.90 Å². The molecule has 1 aromatic carbocycles. The minimum Gasteiger partial charge on any atom is -0.320 e. The van der Waals surface area contributed by atoms with E-state index in [0.717, 1.165) is 25.0 Å². The summed E-state index contributed by atoms with van der Waals surface area (Å²) in [6, 6.07) is 3.86. The molecule has 2 saturated heterocycles. The number of halogens is 3. The number of nitrogens with zero attached hydrogens (tertiary/aromatic N) is 2. The predicted octanol–water partition coefficient (Wildman–Crippen LogP) is 3.03. The number of hydrogen-bond donors (Lipinski definition) is 0. The highest BCUT2D eigenvalue weighted by Gasteiger charge is 2.44. The molecule has 21 heavy (non-hydrogen) atoms. The predicted molar refractivity (Wildman–Crippen MR) is 68.7 cm³/mol. The fourth-order valence-corrected chi connectivity index (χ4v) is 2.97. The van der Waals surface area contributed by atoms with Crippen LogP contribution in [0.25, 0.3) is 0 Å². The molecule has 1 unspecified atom stereocenters. The van der Waals surface area contributed by atoms with Crippen LogP contribution in [0, 0.1) is 0 Å². The Balaban J connectivity index is 2.04. The third kappa shape index (κ3) is 2.26. The van der Waals surface area contributed by atoms with Gasteiger partial charge in [0, 0.05) is 19.0 Å². The maximum absolute atomic E-state index is 13.1. The normalized spacial score (nSPS) is 22.7. The number of urea groups is 1. The Kier molecular flexibility index (Phi) is 3.15. The Bertz CT molecular complexity index is 600. The lowest BCUT2D eigenvalue weighted by molar-refractivity contribution is -0.137. The van der Waals surface area contributed by atoms with Gasteiger partial charge in [-0.1, -0.05) is 12.1 Å². The Morgan fingerprint density at radius 1 is 1.14 bits per heavy atom. The van der Waals surface area contributed by atoms with Crippen LogP contribution < -0.4 is 4.90 Å². The van der Waals surface area contributed by atoms with Crippen LogP contribution in [-0.4, -0.2) is 29.4 Å². The minimum atomic E-state index is -4.61. The van der Waals surface area contributed by atoms with E-state index in [1.165, 1.54) is 17.0 Å². The summed E-state index contributed by atoms with van der Waals surface area (Å²) in [5.74, 6) is -0.570. The van der Waals surface area contributed by atoms with Crippen molar-refractivity contribution in [3.63, 3.8) is 0 Å². The quantitative estimate of drug-likeness (QED) is 0.799. The van der Waals surface area contributed by atoms with Crippen molar-refractivity contribution in [1.29, 1.82) is 0 Å². The molecule has 0 aliphatic carbocycles. The lowest BCUT2D eigenvalue weighted by Gasteiger charge is -2.36. The van der Waals surface area contributed by atoms with Crippen molar-refractivity contribution < 1.29 is 22.8 Å². The average molecular weight is 298 g/mol. The Morgan fingerprint density at radius 3 is 2.57 bits per heavy atom. The van der Waals surface area contributed by atoms with Crippen LogP contribution in [0.1, 0.15) is 24.8 Å². The van der Waals surface area contributed by atoms with Crippen LogP contribution in [0.4, 0.5) is 23.7 Å². The van der Waals surface area contributed by atoms with E-state index < -0.39 is 23.7 Å². The second kappa shape index (κ2) is 4.75. The van der Waals surface area contributed by atoms with Gasteiger partial charge in [0.05, 0.1) is 11.3 Å². The number of anilines is 1. The van der Waals surface area contributed by atoms with Crippen LogP contribution in [0.5, 0.6) is 0 Å². The van der Waals surface area contributed by atoms with E-state index in [4.69, 9.17) is 0 Å². The van der Waals surface area contributed by atoms with Crippen molar-refractivity contribution in [1.82, 2.24) is 4.90 Å². The first kappa shape index (κ1) is 13.9. The molecule has 2 aliphatic heterocycles. The molecule has 0 radical (unpaired) electrons. The van der Waals surface area contributed by atoms with Crippen LogP contribution in [0.15, 0.2) is 24.3 Å². The molecule has 0 bridgehead atoms. The zero-order valence-corrected chi connectivity index (χ0v) is 11.1. The summed E-state index contributed by atoms with van der Waals surface area (Å²) < 4.78 is 39.2. The Labute approximate surface area is 119 Å². The first-order valence-corrected chi connectivity index (χ1v) is 6.69. The molecule has 0 spiro atoms. The first-order valence-electron chi connectivity index (χ1n) is 6.69. The summed E-state index contributed by atoms with van der Waals surface area (Å²) >= 11 is 0. The van der Waals surface area contributed by atoms with Crippen molar-refractivity contribution in [3.8, 4) is 0 Å². The monoisotopic (exact) mass is 298 g/mol. The smallest absolute Gasteiger partial charge is 0.320 e. The van der Waals surface area contributed by atoms with Gasteiger partial charge >= 0.3 is 12.2 Å². The zero-order chi connectivity index (χ0) is 15.2. The Hall–Kier alpha value is -2.05. The summed E-state index contributed by atoms with van der Waals surface area (Å²) in [4.78, 5) is 26.7. The molecule has 2 heterocycles. The van der Waals surface area contributed by atoms with Gasteiger partial charge in [0.2, 0.25) is 5.91 Å². The van der Waals surface area contributed by atoms with Crippen LogP contribution in [-0.2, 0) is 11.0 Å². The standard InChI is InChI=1S/C14H13F3N2O2/c15-14(16,17)10-5-1-2-6-11(10)19-12(20)8-9-4-3-7-18(9)13(19)21/h1-2,5-6,9H,3-4,7-8H2. The van der Waals surface area contributed by atoms with E-state index in [2.05, 4.69) is 0 Å². The molecule has 2 aliphatic rings. The number of rotatable bonds is 1. The van der Waals surface area contributed by atoms with Crippen LogP contribution in [0.2, 0.25) is 0 Å². The van der Waals surface area contributed by atoms with Crippen LogP contribution in [0.3, 0.4) is 0 Å². The average Bonchev–Trinajstić information content (AvgIpc) is 2.86. The number of carbonyl (C=O) groups excluding carboxylic acids is 2. The van der Waals surface area contributed by atoms with Gasteiger partial charge in [0.15, 0.2) is 0 Å². The second-order valence-corrected chi connectivity index (χ2v) is 5.22. The number of fused-ring (bicyclic) bond motifs is 1. The summed E-state index contributed by atoms with van der Waals surface area (Å²) in [7, 11) is 0. The number of carbonyl (C=O) groups is 2. The number of hydrogen-bond acceptors (Lipinski definition) is 2. The first-order chi connectivity index (χ1) is 9.89. The van der Waals surface area contributed by atoms with Gasteiger partial charge in [-0.15, -0.1) is 0 Å². The molecule has 0 saturated carbocycles.